The monoisotopic (exact) mass is 502 g/mol. The van der Waals surface area contributed by atoms with Gasteiger partial charge in [0.1, 0.15) is 0 Å². The number of hydrogen-bond donors (Lipinski definition) is 1. The number of carboxylic acid groups (broad SMARTS) is 1. The molecule has 8 nitrogen and oxygen atoms in total. The van der Waals surface area contributed by atoms with E-state index < -0.39 is 27.8 Å². The van der Waals surface area contributed by atoms with E-state index in [1.54, 1.807) is 24.5 Å². The molecule has 1 unspecified atom stereocenters. The first-order valence-corrected chi connectivity index (χ1v) is 11.9. The smallest absolute Gasteiger partial charge is 0.475 e. The summed E-state index contributed by atoms with van der Waals surface area (Å²) in [5.41, 5.74) is 1.66. The number of rotatable bonds is 5. The number of aryl methyl sites for hydroxylation is 1. The molecule has 1 spiro atoms. The van der Waals surface area contributed by atoms with Gasteiger partial charge in [0.05, 0.1) is 23.2 Å². The van der Waals surface area contributed by atoms with E-state index >= 15 is 0 Å². The largest absolute Gasteiger partial charge is 0.490 e. The molecule has 1 aromatic heterocycles. The van der Waals surface area contributed by atoms with Gasteiger partial charge in [-0.2, -0.15) is 17.5 Å². The molecule has 0 bridgehead atoms. The summed E-state index contributed by atoms with van der Waals surface area (Å²) < 4.78 is 70.8. The number of carboxylic acids is 1. The van der Waals surface area contributed by atoms with Crippen LogP contribution >= 0.6 is 0 Å². The number of sulfonamides is 1. The highest BCUT2D eigenvalue weighted by molar-refractivity contribution is 7.89. The lowest BCUT2D eigenvalue weighted by Gasteiger charge is -2.52. The molecule has 0 saturated carbocycles. The molecule has 2 aliphatic rings. The third-order valence-corrected chi connectivity index (χ3v) is 7.29. The first-order chi connectivity index (χ1) is 15.9. The highest BCUT2D eigenvalue weighted by Crippen LogP contribution is 2.38. The number of ether oxygens (including phenoxy) is 2. The predicted molar refractivity (Wildman–Crippen MR) is 114 cm³/mol. The van der Waals surface area contributed by atoms with Gasteiger partial charge in [-0.25, -0.2) is 13.2 Å². The van der Waals surface area contributed by atoms with Crippen molar-refractivity contribution in [3.63, 3.8) is 0 Å². The molecule has 0 amide bonds. The van der Waals surface area contributed by atoms with Crippen LogP contribution in [-0.2, 0) is 30.9 Å². The molecule has 0 aliphatic carbocycles. The third-order valence-electron chi connectivity index (χ3n) is 5.49. The van der Waals surface area contributed by atoms with E-state index in [2.05, 4.69) is 4.98 Å². The molecule has 34 heavy (non-hydrogen) atoms. The molecule has 1 atom stereocenters. The molecule has 2 aromatic rings. The molecule has 0 radical (unpaired) electrons. The van der Waals surface area contributed by atoms with Crippen LogP contribution in [-0.4, -0.2) is 66.4 Å². The summed E-state index contributed by atoms with van der Waals surface area (Å²) in [5.74, 6) is -2.76. The summed E-state index contributed by atoms with van der Waals surface area (Å²) in [7, 11) is -3.46. The Balaban J connectivity index is 0.000000406. The Hall–Kier alpha value is -2.54. The summed E-state index contributed by atoms with van der Waals surface area (Å²) in [4.78, 5) is 13.3. The Labute approximate surface area is 195 Å². The molecule has 2 saturated heterocycles. The summed E-state index contributed by atoms with van der Waals surface area (Å²) in [6.07, 6.45) is 0.0710. The van der Waals surface area contributed by atoms with Crippen LogP contribution in [0.25, 0.3) is 0 Å². The lowest BCUT2D eigenvalue weighted by atomic mass is 9.86. The Morgan fingerprint density at radius 1 is 1.26 bits per heavy atom. The number of benzene rings is 1. The van der Waals surface area contributed by atoms with E-state index in [1.165, 1.54) is 4.31 Å². The van der Waals surface area contributed by atoms with Crippen molar-refractivity contribution in [2.24, 2.45) is 0 Å². The van der Waals surface area contributed by atoms with Crippen LogP contribution in [0.3, 0.4) is 0 Å². The Morgan fingerprint density at radius 2 is 1.91 bits per heavy atom. The van der Waals surface area contributed by atoms with Crippen molar-refractivity contribution >= 4 is 16.0 Å². The van der Waals surface area contributed by atoms with Crippen LogP contribution in [0, 0.1) is 6.92 Å². The predicted octanol–water partition coefficient (Wildman–Crippen LogP) is 3.16. The zero-order valence-electron chi connectivity index (χ0n) is 18.4. The zero-order chi connectivity index (χ0) is 25.0. The van der Waals surface area contributed by atoms with E-state index in [0.717, 1.165) is 17.5 Å². The molecule has 3 heterocycles. The maximum atomic E-state index is 12.8. The molecule has 1 N–H and O–H groups in total. The third kappa shape index (κ3) is 6.53. The second-order valence-electron chi connectivity index (χ2n) is 8.21. The molecular weight excluding hydrogens is 477 g/mol. The fourth-order valence-corrected chi connectivity index (χ4v) is 5.26. The fourth-order valence-electron chi connectivity index (χ4n) is 3.67. The van der Waals surface area contributed by atoms with Gasteiger partial charge in [0, 0.05) is 38.5 Å². The second-order valence-corrected chi connectivity index (χ2v) is 10.1. The lowest BCUT2D eigenvalue weighted by Crippen LogP contribution is -2.67. The summed E-state index contributed by atoms with van der Waals surface area (Å²) in [6.45, 7) is 3.82. The van der Waals surface area contributed by atoms with Crippen LogP contribution in [0.4, 0.5) is 13.2 Å². The van der Waals surface area contributed by atoms with Crippen molar-refractivity contribution in [3.8, 4) is 0 Å². The number of hydrogen-bond acceptors (Lipinski definition) is 6. The van der Waals surface area contributed by atoms with Gasteiger partial charge in [0.15, 0.2) is 0 Å². The zero-order valence-corrected chi connectivity index (χ0v) is 19.2. The topological polar surface area (TPSA) is 106 Å². The SMILES string of the molecule is Cc1ccc(S(=O)(=O)N2CC3(CC(OCc4cccnc4)CCO3)C2)cc1.O=C(O)C(F)(F)F. The van der Waals surface area contributed by atoms with Gasteiger partial charge in [0.25, 0.3) is 0 Å². The highest BCUT2D eigenvalue weighted by atomic mass is 32.2. The van der Waals surface area contributed by atoms with Crippen LogP contribution in [0.5, 0.6) is 0 Å². The first-order valence-electron chi connectivity index (χ1n) is 10.4. The minimum Gasteiger partial charge on any atom is -0.475 e. The van der Waals surface area contributed by atoms with Gasteiger partial charge < -0.3 is 14.6 Å². The summed E-state index contributed by atoms with van der Waals surface area (Å²) in [5, 5.41) is 7.12. The number of nitrogens with zero attached hydrogens (tertiary/aromatic N) is 2. The van der Waals surface area contributed by atoms with Gasteiger partial charge in [-0.1, -0.05) is 23.8 Å². The molecular formula is C22H25F3N2O6S. The standard InChI is InChI=1S/C20H24N2O4S.C2HF3O2/c1-16-4-6-19(7-5-16)27(23,24)22-14-20(15-22)11-18(8-10-26-20)25-13-17-3-2-9-21-12-17;3-2(4,5)1(6)7/h2-7,9,12,18H,8,10-11,13-15H2,1H3;(H,6,7). The number of aromatic nitrogens is 1. The molecule has 4 rings (SSSR count). The number of halogens is 3. The minimum atomic E-state index is -5.08. The molecule has 2 fully saturated rings. The number of carbonyl (C=O) groups is 1. The molecule has 2 aliphatic heterocycles. The second kappa shape index (κ2) is 10.4. The van der Waals surface area contributed by atoms with Gasteiger partial charge in [0.2, 0.25) is 10.0 Å². The van der Waals surface area contributed by atoms with Gasteiger partial charge in [-0.05, 0) is 37.1 Å². The van der Waals surface area contributed by atoms with Gasteiger partial charge >= 0.3 is 12.1 Å². The van der Waals surface area contributed by atoms with E-state index in [1.807, 2.05) is 31.2 Å². The maximum absolute atomic E-state index is 12.8. The normalized spacial score (nSPS) is 20.2. The Bertz CT molecular complexity index is 1070. The van der Waals surface area contributed by atoms with Crippen molar-refractivity contribution < 1.29 is 41.0 Å². The van der Waals surface area contributed by atoms with Gasteiger partial charge in [-0.15, -0.1) is 0 Å². The van der Waals surface area contributed by atoms with Crippen molar-refractivity contribution in [2.75, 3.05) is 19.7 Å². The van der Waals surface area contributed by atoms with Crippen molar-refractivity contribution in [3.05, 3.63) is 59.9 Å². The molecule has 1 aromatic carbocycles. The average Bonchev–Trinajstić information content (AvgIpc) is 2.77. The minimum absolute atomic E-state index is 0.0724. The van der Waals surface area contributed by atoms with Crippen LogP contribution in [0.1, 0.15) is 24.0 Å². The van der Waals surface area contributed by atoms with Crippen molar-refractivity contribution in [1.29, 1.82) is 0 Å². The van der Waals surface area contributed by atoms with Crippen LogP contribution in [0.2, 0.25) is 0 Å². The Kier molecular flexibility index (Phi) is 7.96. The van der Waals surface area contributed by atoms with Crippen molar-refractivity contribution in [1.82, 2.24) is 9.29 Å². The van der Waals surface area contributed by atoms with E-state index in [0.29, 0.717) is 37.6 Å². The average molecular weight is 503 g/mol. The summed E-state index contributed by atoms with van der Waals surface area (Å²) >= 11 is 0. The van der Waals surface area contributed by atoms with Crippen LogP contribution in [0.15, 0.2) is 53.7 Å². The number of alkyl halides is 3. The van der Waals surface area contributed by atoms with E-state index in [4.69, 9.17) is 19.4 Å². The van der Waals surface area contributed by atoms with Gasteiger partial charge in [-0.3, -0.25) is 4.98 Å². The Morgan fingerprint density at radius 3 is 2.47 bits per heavy atom. The van der Waals surface area contributed by atoms with Crippen LogP contribution < -0.4 is 0 Å². The highest BCUT2D eigenvalue weighted by Gasteiger charge is 2.52. The van der Waals surface area contributed by atoms with Crippen molar-refractivity contribution in [2.45, 2.75) is 49.1 Å². The summed E-state index contributed by atoms with van der Waals surface area (Å²) in [6, 6.07) is 10.9. The van der Waals surface area contributed by atoms with E-state index in [9.17, 15) is 21.6 Å². The number of pyridine rings is 1. The first kappa shape index (κ1) is 26.1. The fraction of sp³-hybridized carbons (Fsp3) is 0.455. The lowest BCUT2D eigenvalue weighted by molar-refractivity contribution is -0.192. The van der Waals surface area contributed by atoms with E-state index in [-0.39, 0.29) is 6.10 Å². The molecule has 12 heteroatoms. The quantitative estimate of drug-likeness (QED) is 0.670. The number of aliphatic carboxylic acids is 1. The molecule has 186 valence electrons. The maximum Gasteiger partial charge on any atom is 0.490 e.